The molecule has 0 aromatic carbocycles. The number of hydrogen-bond acceptors (Lipinski definition) is 2. The van der Waals surface area contributed by atoms with Crippen LogP contribution in [0.3, 0.4) is 0 Å². The quantitative estimate of drug-likeness (QED) is 0.572. The molecular formula is C18H33NS. The molecule has 1 saturated heterocycles. The first-order chi connectivity index (χ1) is 9.83. The molecule has 3 aliphatic rings. The Kier molecular flexibility index (Phi) is 5.36. The highest BCUT2D eigenvalue weighted by atomic mass is 32.1. The molecule has 3 rings (SSSR count). The maximum atomic E-state index is 4.79. The van der Waals surface area contributed by atoms with Gasteiger partial charge in [-0.2, -0.15) is 12.6 Å². The van der Waals surface area contributed by atoms with Crippen LogP contribution in [0, 0.1) is 11.3 Å². The van der Waals surface area contributed by atoms with Crippen molar-refractivity contribution in [3.05, 3.63) is 0 Å². The zero-order valence-corrected chi connectivity index (χ0v) is 14.1. The fraction of sp³-hybridized carbons (Fsp3) is 1.00. The number of hydrogen-bond donors (Lipinski definition) is 1. The Hall–Kier alpha value is 0.310. The van der Waals surface area contributed by atoms with Crippen LogP contribution < -0.4 is 0 Å². The number of fused-ring (bicyclic) bond motifs is 1. The summed E-state index contributed by atoms with van der Waals surface area (Å²) in [4.78, 5) is 2.91. The van der Waals surface area contributed by atoms with Crippen LogP contribution in [0.2, 0.25) is 0 Å². The van der Waals surface area contributed by atoms with E-state index in [0.717, 1.165) is 17.7 Å². The van der Waals surface area contributed by atoms with Crippen LogP contribution in [0.5, 0.6) is 0 Å². The third-order valence-electron chi connectivity index (χ3n) is 6.40. The van der Waals surface area contributed by atoms with Crippen LogP contribution in [-0.4, -0.2) is 29.8 Å². The summed E-state index contributed by atoms with van der Waals surface area (Å²) in [5, 5.41) is 0. The Bertz CT molecular complexity index is 294. The molecule has 20 heavy (non-hydrogen) atoms. The summed E-state index contributed by atoms with van der Waals surface area (Å²) < 4.78 is 0. The molecule has 2 atom stereocenters. The van der Waals surface area contributed by atoms with Crippen molar-refractivity contribution in [1.29, 1.82) is 0 Å². The molecule has 1 aliphatic heterocycles. The van der Waals surface area contributed by atoms with Gasteiger partial charge in [0, 0.05) is 12.6 Å². The van der Waals surface area contributed by atoms with E-state index in [2.05, 4.69) is 4.90 Å². The average molecular weight is 296 g/mol. The fourth-order valence-electron chi connectivity index (χ4n) is 5.20. The van der Waals surface area contributed by atoms with Crippen LogP contribution >= 0.6 is 12.6 Å². The summed E-state index contributed by atoms with van der Waals surface area (Å²) in [6.07, 6.45) is 17.6. The highest BCUT2D eigenvalue weighted by Crippen LogP contribution is 2.41. The van der Waals surface area contributed by atoms with Gasteiger partial charge in [0.15, 0.2) is 0 Å². The molecule has 0 N–H and O–H groups in total. The van der Waals surface area contributed by atoms with Gasteiger partial charge in [0.1, 0.15) is 0 Å². The van der Waals surface area contributed by atoms with Crippen LogP contribution in [0.25, 0.3) is 0 Å². The van der Waals surface area contributed by atoms with Gasteiger partial charge in [-0.05, 0) is 62.2 Å². The van der Waals surface area contributed by atoms with Crippen molar-refractivity contribution in [3.63, 3.8) is 0 Å². The zero-order valence-electron chi connectivity index (χ0n) is 13.2. The predicted molar refractivity (Wildman–Crippen MR) is 90.5 cm³/mol. The number of thiol groups is 1. The third kappa shape index (κ3) is 3.38. The van der Waals surface area contributed by atoms with E-state index in [1.165, 1.54) is 90.1 Å². The minimum absolute atomic E-state index is 0.541. The number of piperidine rings is 1. The lowest BCUT2D eigenvalue weighted by molar-refractivity contribution is 0.0249. The molecule has 2 saturated carbocycles. The van der Waals surface area contributed by atoms with Crippen LogP contribution in [0.1, 0.15) is 77.0 Å². The molecule has 2 aliphatic carbocycles. The van der Waals surface area contributed by atoms with Crippen molar-refractivity contribution in [2.24, 2.45) is 11.3 Å². The van der Waals surface area contributed by atoms with Crippen LogP contribution in [-0.2, 0) is 0 Å². The summed E-state index contributed by atoms with van der Waals surface area (Å²) in [5.74, 6) is 2.14. The molecule has 0 spiro atoms. The second-order valence-electron chi connectivity index (χ2n) is 7.80. The molecule has 116 valence electrons. The highest BCUT2D eigenvalue weighted by Gasteiger charge is 2.38. The summed E-state index contributed by atoms with van der Waals surface area (Å²) in [5.41, 5.74) is 0.541. The van der Waals surface area contributed by atoms with E-state index in [4.69, 9.17) is 12.6 Å². The Labute approximate surface area is 131 Å². The van der Waals surface area contributed by atoms with E-state index in [1.54, 1.807) is 0 Å². The summed E-state index contributed by atoms with van der Waals surface area (Å²) in [6.45, 7) is 2.73. The molecule has 0 radical (unpaired) electrons. The minimum atomic E-state index is 0.541. The van der Waals surface area contributed by atoms with Gasteiger partial charge in [0.25, 0.3) is 0 Å². The predicted octanol–water partition coefficient (Wildman–Crippen LogP) is 4.91. The molecule has 0 bridgehead atoms. The summed E-state index contributed by atoms with van der Waals surface area (Å²) in [6, 6.07) is 0.928. The largest absolute Gasteiger partial charge is 0.300 e. The van der Waals surface area contributed by atoms with Gasteiger partial charge < -0.3 is 0 Å². The first-order valence-electron chi connectivity index (χ1n) is 9.18. The van der Waals surface area contributed by atoms with Crippen LogP contribution in [0.15, 0.2) is 0 Å². The second kappa shape index (κ2) is 7.05. The second-order valence-corrected chi connectivity index (χ2v) is 8.11. The van der Waals surface area contributed by atoms with Gasteiger partial charge in [0.05, 0.1) is 0 Å². The maximum Gasteiger partial charge on any atom is 0.0124 e. The highest BCUT2D eigenvalue weighted by molar-refractivity contribution is 7.80. The van der Waals surface area contributed by atoms with Gasteiger partial charge in [-0.15, -0.1) is 0 Å². The van der Waals surface area contributed by atoms with Crippen molar-refractivity contribution in [2.75, 3.05) is 18.8 Å². The van der Waals surface area contributed by atoms with Gasteiger partial charge in [-0.3, -0.25) is 4.90 Å². The molecule has 2 heteroatoms. The van der Waals surface area contributed by atoms with Crippen molar-refractivity contribution in [3.8, 4) is 0 Å². The molecule has 0 aromatic heterocycles. The van der Waals surface area contributed by atoms with Crippen molar-refractivity contribution in [2.45, 2.75) is 83.1 Å². The normalized spacial score (nSPS) is 35.2. The Morgan fingerprint density at radius 2 is 1.55 bits per heavy atom. The molecular weight excluding hydrogens is 262 g/mol. The van der Waals surface area contributed by atoms with Crippen molar-refractivity contribution < 1.29 is 0 Å². The lowest BCUT2D eigenvalue weighted by Crippen LogP contribution is -2.51. The molecule has 3 fully saturated rings. The van der Waals surface area contributed by atoms with Gasteiger partial charge in [-0.25, -0.2) is 0 Å². The van der Waals surface area contributed by atoms with Crippen molar-refractivity contribution >= 4 is 12.6 Å². The number of likely N-dealkylation sites (tertiary alicyclic amines) is 1. The van der Waals surface area contributed by atoms with E-state index < -0.39 is 0 Å². The topological polar surface area (TPSA) is 3.24 Å². The van der Waals surface area contributed by atoms with Crippen LogP contribution in [0.4, 0.5) is 0 Å². The Morgan fingerprint density at radius 3 is 2.30 bits per heavy atom. The van der Waals surface area contributed by atoms with Crippen molar-refractivity contribution in [1.82, 2.24) is 4.90 Å². The average Bonchev–Trinajstić information content (AvgIpc) is 2.74. The van der Waals surface area contributed by atoms with E-state index in [0.29, 0.717) is 5.41 Å². The van der Waals surface area contributed by atoms with Gasteiger partial charge in [0.2, 0.25) is 0 Å². The van der Waals surface area contributed by atoms with E-state index >= 15 is 0 Å². The maximum absolute atomic E-state index is 4.79. The number of nitrogens with zero attached hydrogens (tertiary/aromatic N) is 1. The Morgan fingerprint density at radius 1 is 0.850 bits per heavy atom. The fourth-order valence-corrected chi connectivity index (χ4v) is 5.62. The van der Waals surface area contributed by atoms with E-state index in [1.807, 2.05) is 0 Å². The smallest absolute Gasteiger partial charge is 0.0124 e. The molecule has 0 amide bonds. The first kappa shape index (κ1) is 15.2. The standard InChI is InChI=1S/C18H33NS/c20-15-18(11-5-1-2-6-12-18)14-19-13-7-9-16-8-3-4-10-17(16)19/h16-17,20H,1-15H2. The number of rotatable bonds is 3. The lowest BCUT2D eigenvalue weighted by atomic mass is 9.75. The van der Waals surface area contributed by atoms with E-state index in [-0.39, 0.29) is 0 Å². The minimum Gasteiger partial charge on any atom is -0.300 e. The molecule has 1 heterocycles. The zero-order chi connectivity index (χ0) is 13.8. The molecule has 1 nitrogen and oxygen atoms in total. The van der Waals surface area contributed by atoms with Gasteiger partial charge >= 0.3 is 0 Å². The SMILES string of the molecule is SCC1(CN2CCCC3CCCCC32)CCCCCC1. The van der Waals surface area contributed by atoms with Gasteiger partial charge in [-0.1, -0.05) is 38.5 Å². The summed E-state index contributed by atoms with van der Waals surface area (Å²) in [7, 11) is 0. The first-order valence-corrected chi connectivity index (χ1v) is 9.81. The lowest BCUT2D eigenvalue weighted by Gasteiger charge is -2.48. The molecule has 0 aromatic rings. The van der Waals surface area contributed by atoms with E-state index in [9.17, 15) is 0 Å². The summed E-state index contributed by atoms with van der Waals surface area (Å²) >= 11 is 4.79. The third-order valence-corrected chi connectivity index (χ3v) is 7.07. The monoisotopic (exact) mass is 295 g/mol. The Balaban J connectivity index is 1.67. The molecule has 2 unspecified atom stereocenters.